The van der Waals surface area contributed by atoms with Crippen LogP contribution in [0.25, 0.3) is 11.5 Å². The van der Waals surface area contributed by atoms with Gasteiger partial charge >= 0.3 is 5.97 Å². The van der Waals surface area contributed by atoms with Gasteiger partial charge in [0.1, 0.15) is 11.5 Å². The quantitative estimate of drug-likeness (QED) is 0.155. The summed E-state index contributed by atoms with van der Waals surface area (Å²) in [4.78, 5) is 17.6. The SMILES string of the molecule is Cc1oc(-c2ccccc2)nc1CCOc1ccc(CC(C(=O)O)(n2cccc2)C(CCF)(CCF)CCF)cc1. The van der Waals surface area contributed by atoms with Gasteiger partial charge in [-0.2, -0.15) is 0 Å². The Labute approximate surface area is 237 Å². The number of oxazole rings is 1. The Morgan fingerprint density at radius 3 is 2.10 bits per heavy atom. The molecule has 1 unspecified atom stereocenters. The monoisotopic (exact) mass is 568 g/mol. The summed E-state index contributed by atoms with van der Waals surface area (Å²) in [5.74, 6) is 0.581. The minimum absolute atomic E-state index is 0.0856. The first-order valence-corrected chi connectivity index (χ1v) is 13.7. The highest BCUT2D eigenvalue weighted by atomic mass is 19.1. The van der Waals surface area contributed by atoms with Gasteiger partial charge in [-0.1, -0.05) is 30.3 Å². The Balaban J connectivity index is 1.52. The van der Waals surface area contributed by atoms with Gasteiger partial charge in [-0.25, -0.2) is 9.78 Å². The summed E-state index contributed by atoms with van der Waals surface area (Å²) in [5, 5.41) is 10.6. The molecule has 0 aliphatic heterocycles. The molecule has 0 aliphatic rings. The van der Waals surface area contributed by atoms with Crippen LogP contribution in [0.4, 0.5) is 13.2 Å². The minimum Gasteiger partial charge on any atom is -0.493 e. The molecule has 0 aliphatic carbocycles. The lowest BCUT2D eigenvalue weighted by Gasteiger charge is -2.48. The summed E-state index contributed by atoms with van der Waals surface area (Å²) in [5.41, 5.74) is -0.981. The van der Waals surface area contributed by atoms with E-state index in [2.05, 4.69) is 4.98 Å². The number of hydrogen-bond acceptors (Lipinski definition) is 4. The second-order valence-electron chi connectivity index (χ2n) is 10.2. The zero-order valence-electron chi connectivity index (χ0n) is 23.1. The Bertz CT molecular complexity index is 1360. The molecule has 2 heterocycles. The molecule has 2 aromatic carbocycles. The number of benzene rings is 2. The van der Waals surface area contributed by atoms with Gasteiger partial charge in [0.2, 0.25) is 5.89 Å². The summed E-state index contributed by atoms with van der Waals surface area (Å²) in [6, 6.07) is 19.8. The van der Waals surface area contributed by atoms with Crippen molar-refractivity contribution in [1.82, 2.24) is 9.55 Å². The highest BCUT2D eigenvalue weighted by Gasteiger charge is 2.57. The van der Waals surface area contributed by atoms with Gasteiger partial charge < -0.3 is 18.8 Å². The van der Waals surface area contributed by atoms with E-state index in [-0.39, 0.29) is 25.7 Å². The predicted octanol–water partition coefficient (Wildman–Crippen LogP) is 7.16. The highest BCUT2D eigenvalue weighted by Crippen LogP contribution is 2.49. The van der Waals surface area contributed by atoms with Crippen LogP contribution in [0.2, 0.25) is 0 Å². The highest BCUT2D eigenvalue weighted by molar-refractivity contribution is 5.79. The molecule has 0 amide bonds. The third-order valence-electron chi connectivity index (χ3n) is 7.90. The molecule has 41 heavy (non-hydrogen) atoms. The molecule has 0 fully saturated rings. The average Bonchev–Trinajstić information content (AvgIpc) is 3.64. The Morgan fingerprint density at radius 1 is 0.927 bits per heavy atom. The molecular formula is C32H35F3N2O4. The number of halogens is 3. The number of carbonyl (C=O) groups is 1. The zero-order chi connectivity index (χ0) is 29.3. The van der Waals surface area contributed by atoms with Crippen molar-refractivity contribution < 1.29 is 32.2 Å². The molecule has 0 spiro atoms. The fourth-order valence-electron chi connectivity index (χ4n) is 5.72. The first-order chi connectivity index (χ1) is 19.9. The first-order valence-electron chi connectivity index (χ1n) is 13.7. The number of carboxylic acid groups (broad SMARTS) is 1. The summed E-state index contributed by atoms with van der Waals surface area (Å²) in [7, 11) is 0. The van der Waals surface area contributed by atoms with Crippen LogP contribution < -0.4 is 4.74 Å². The second kappa shape index (κ2) is 13.6. The van der Waals surface area contributed by atoms with Gasteiger partial charge in [0.15, 0.2) is 5.54 Å². The van der Waals surface area contributed by atoms with E-state index in [9.17, 15) is 23.1 Å². The molecule has 1 atom stereocenters. The van der Waals surface area contributed by atoms with E-state index in [0.29, 0.717) is 30.2 Å². The number of aromatic nitrogens is 2. The number of rotatable bonds is 16. The van der Waals surface area contributed by atoms with Crippen LogP contribution in [0.3, 0.4) is 0 Å². The maximum atomic E-state index is 13.8. The number of carboxylic acids is 1. The summed E-state index contributed by atoms with van der Waals surface area (Å²) < 4.78 is 54.7. The standard InChI is InChI=1S/C32H35F3N2O4/c1-24-28(36-29(41-24)26-7-3-2-4-8-26)13-22-40-27-11-9-25(10-12-27)23-32(30(38)39,37-20-5-6-21-37)31(14-17-33,15-18-34)16-19-35/h2-12,20-21H,13-19,22-23H2,1H3,(H,38,39). The van der Waals surface area contributed by atoms with E-state index in [1.807, 2.05) is 37.3 Å². The van der Waals surface area contributed by atoms with Gasteiger partial charge in [-0.3, -0.25) is 13.2 Å². The third-order valence-corrected chi connectivity index (χ3v) is 7.90. The summed E-state index contributed by atoms with van der Waals surface area (Å²) in [6.45, 7) is -0.462. The van der Waals surface area contributed by atoms with Crippen molar-refractivity contribution in [3.05, 3.63) is 96.1 Å². The lowest BCUT2D eigenvalue weighted by Crippen LogP contribution is -2.57. The van der Waals surface area contributed by atoms with Crippen molar-refractivity contribution in [1.29, 1.82) is 0 Å². The van der Waals surface area contributed by atoms with Crippen molar-refractivity contribution in [2.45, 2.75) is 44.6 Å². The molecule has 4 aromatic rings. The maximum absolute atomic E-state index is 13.8. The van der Waals surface area contributed by atoms with Gasteiger partial charge in [0.25, 0.3) is 0 Å². The lowest BCUT2D eigenvalue weighted by molar-refractivity contribution is -0.159. The van der Waals surface area contributed by atoms with E-state index in [1.54, 1.807) is 48.8 Å². The van der Waals surface area contributed by atoms with Crippen LogP contribution >= 0.6 is 0 Å². The van der Waals surface area contributed by atoms with Gasteiger partial charge in [-0.05, 0) is 68.1 Å². The molecule has 0 saturated carbocycles. The van der Waals surface area contributed by atoms with Crippen LogP contribution in [0.1, 0.15) is 36.3 Å². The number of aliphatic carboxylic acids is 1. The molecule has 0 bridgehead atoms. The van der Waals surface area contributed by atoms with Crippen molar-refractivity contribution >= 4 is 5.97 Å². The van der Waals surface area contributed by atoms with Crippen LogP contribution in [-0.4, -0.2) is 47.3 Å². The second-order valence-corrected chi connectivity index (χ2v) is 10.2. The van der Waals surface area contributed by atoms with E-state index in [0.717, 1.165) is 17.0 Å². The smallest absolute Gasteiger partial charge is 0.330 e. The molecule has 0 radical (unpaired) electrons. The number of ether oxygens (including phenoxy) is 1. The largest absolute Gasteiger partial charge is 0.493 e. The first kappa shape index (κ1) is 30.0. The average molecular weight is 569 g/mol. The number of aryl methyl sites for hydroxylation is 1. The third kappa shape index (κ3) is 6.34. The summed E-state index contributed by atoms with van der Waals surface area (Å²) >= 11 is 0. The van der Waals surface area contributed by atoms with Gasteiger partial charge in [0, 0.05) is 36.2 Å². The van der Waals surface area contributed by atoms with Gasteiger partial charge in [0.05, 0.1) is 32.3 Å². The van der Waals surface area contributed by atoms with Crippen molar-refractivity contribution in [2.24, 2.45) is 5.41 Å². The van der Waals surface area contributed by atoms with E-state index in [4.69, 9.17) is 9.15 Å². The van der Waals surface area contributed by atoms with Crippen LogP contribution in [0.15, 0.2) is 83.5 Å². The minimum atomic E-state index is -1.80. The van der Waals surface area contributed by atoms with Crippen LogP contribution in [0.5, 0.6) is 5.75 Å². The van der Waals surface area contributed by atoms with Crippen LogP contribution in [-0.2, 0) is 23.2 Å². The molecule has 2 aromatic heterocycles. The summed E-state index contributed by atoms with van der Waals surface area (Å²) in [6.07, 6.45) is 2.73. The molecule has 0 saturated heterocycles. The van der Waals surface area contributed by atoms with E-state index < -0.39 is 36.9 Å². The molecular weight excluding hydrogens is 533 g/mol. The fourth-order valence-corrected chi connectivity index (χ4v) is 5.72. The molecule has 1 N–H and O–H groups in total. The normalized spacial score (nSPS) is 13.2. The number of alkyl halides is 3. The fraction of sp³-hybridized carbons (Fsp3) is 0.375. The predicted molar refractivity (Wildman–Crippen MR) is 150 cm³/mol. The Hall–Kier alpha value is -4.01. The maximum Gasteiger partial charge on any atom is 0.330 e. The van der Waals surface area contributed by atoms with Crippen molar-refractivity contribution in [3.63, 3.8) is 0 Å². The molecule has 6 nitrogen and oxygen atoms in total. The Morgan fingerprint density at radius 2 is 1.54 bits per heavy atom. The van der Waals surface area contributed by atoms with Crippen molar-refractivity contribution in [2.75, 3.05) is 26.6 Å². The van der Waals surface area contributed by atoms with E-state index in [1.165, 1.54) is 4.57 Å². The zero-order valence-corrected chi connectivity index (χ0v) is 23.1. The van der Waals surface area contributed by atoms with Crippen LogP contribution in [0, 0.1) is 12.3 Å². The number of hydrogen-bond donors (Lipinski definition) is 1. The molecule has 218 valence electrons. The van der Waals surface area contributed by atoms with E-state index >= 15 is 0 Å². The van der Waals surface area contributed by atoms with Gasteiger partial charge in [-0.15, -0.1) is 0 Å². The molecule has 4 rings (SSSR count). The lowest BCUT2D eigenvalue weighted by atomic mass is 9.61. The topological polar surface area (TPSA) is 77.5 Å². The number of nitrogens with zero attached hydrogens (tertiary/aromatic N) is 2. The Kier molecular flexibility index (Phi) is 9.91. The molecule has 9 heteroatoms. The van der Waals surface area contributed by atoms with Crippen molar-refractivity contribution in [3.8, 4) is 17.2 Å².